The number of nitrogens with zero attached hydrogens (tertiary/aromatic N) is 2. The molecule has 0 saturated carbocycles. The van der Waals surface area contributed by atoms with Crippen molar-refractivity contribution in [3.8, 4) is 0 Å². The molecule has 2 aliphatic heterocycles. The normalized spacial score (nSPS) is 22.4. The van der Waals surface area contributed by atoms with Crippen molar-refractivity contribution in [1.29, 1.82) is 0 Å². The van der Waals surface area contributed by atoms with Crippen LogP contribution in [0.3, 0.4) is 0 Å². The average Bonchev–Trinajstić information content (AvgIpc) is 2.28. The van der Waals surface area contributed by atoms with Crippen molar-refractivity contribution in [2.75, 3.05) is 13.3 Å². The first-order chi connectivity index (χ1) is 4.97. The van der Waals surface area contributed by atoms with Crippen LogP contribution in [-0.4, -0.2) is 24.5 Å². The summed E-state index contributed by atoms with van der Waals surface area (Å²) in [7, 11) is 0. The van der Waals surface area contributed by atoms with E-state index in [1.54, 1.807) is 12.4 Å². The fourth-order valence-electron chi connectivity index (χ4n) is 0.995. The fraction of sp³-hybridized carbons (Fsp3) is 0.286. The average molecular weight is 136 g/mol. The minimum absolute atomic E-state index is 0.658. The Balaban J connectivity index is 2.29. The van der Waals surface area contributed by atoms with Gasteiger partial charge in [0, 0.05) is 24.3 Å². The largest absolute Gasteiger partial charge is 0.355 e. The molecule has 2 aliphatic rings. The second-order valence-electron chi connectivity index (χ2n) is 2.20. The van der Waals surface area contributed by atoms with Crippen LogP contribution in [0.4, 0.5) is 0 Å². The molecule has 0 aliphatic carbocycles. The van der Waals surface area contributed by atoms with Crippen molar-refractivity contribution in [3.05, 3.63) is 24.2 Å². The molecule has 10 heavy (non-hydrogen) atoms. The number of ether oxygens (including phenoxy) is 1. The quantitative estimate of drug-likeness (QED) is 0.490. The minimum atomic E-state index is 0.658. The van der Waals surface area contributed by atoms with E-state index >= 15 is 0 Å². The SMILES string of the molecule is C1=CN2COCC2=CC=N1. The van der Waals surface area contributed by atoms with Gasteiger partial charge < -0.3 is 9.64 Å². The third-order valence-electron chi connectivity index (χ3n) is 1.53. The molecule has 2 heterocycles. The smallest absolute Gasteiger partial charge is 0.123 e. The Labute approximate surface area is 59.3 Å². The van der Waals surface area contributed by atoms with Crippen LogP contribution < -0.4 is 0 Å². The first-order valence-electron chi connectivity index (χ1n) is 3.20. The van der Waals surface area contributed by atoms with E-state index in [1.807, 2.05) is 17.2 Å². The summed E-state index contributed by atoms with van der Waals surface area (Å²) >= 11 is 0. The van der Waals surface area contributed by atoms with E-state index in [1.165, 1.54) is 5.70 Å². The predicted molar refractivity (Wildman–Crippen MR) is 38.4 cm³/mol. The Morgan fingerprint density at radius 1 is 1.60 bits per heavy atom. The summed E-state index contributed by atoms with van der Waals surface area (Å²) in [5.74, 6) is 0. The maximum absolute atomic E-state index is 5.19. The van der Waals surface area contributed by atoms with Crippen LogP contribution in [0.25, 0.3) is 0 Å². The number of aliphatic imine (C=N–C) groups is 1. The van der Waals surface area contributed by atoms with Crippen LogP contribution in [0, 0.1) is 0 Å². The van der Waals surface area contributed by atoms with Crippen molar-refractivity contribution < 1.29 is 4.74 Å². The number of fused-ring (bicyclic) bond motifs is 1. The first-order valence-corrected chi connectivity index (χ1v) is 3.20. The van der Waals surface area contributed by atoms with Gasteiger partial charge in [0.25, 0.3) is 0 Å². The van der Waals surface area contributed by atoms with Crippen molar-refractivity contribution in [1.82, 2.24) is 4.90 Å². The van der Waals surface area contributed by atoms with E-state index in [2.05, 4.69) is 4.99 Å². The van der Waals surface area contributed by atoms with E-state index in [9.17, 15) is 0 Å². The molecular weight excluding hydrogens is 128 g/mol. The highest BCUT2D eigenvalue weighted by atomic mass is 16.5. The van der Waals surface area contributed by atoms with E-state index in [4.69, 9.17) is 4.74 Å². The predicted octanol–water partition coefficient (Wildman–Crippen LogP) is 0.716. The highest BCUT2D eigenvalue weighted by Crippen LogP contribution is 2.13. The van der Waals surface area contributed by atoms with Gasteiger partial charge in [-0.3, -0.25) is 4.99 Å². The van der Waals surface area contributed by atoms with E-state index in [0.29, 0.717) is 13.3 Å². The Morgan fingerprint density at radius 2 is 2.60 bits per heavy atom. The van der Waals surface area contributed by atoms with Crippen molar-refractivity contribution in [2.45, 2.75) is 0 Å². The summed E-state index contributed by atoms with van der Waals surface area (Å²) in [6, 6.07) is 0. The Morgan fingerprint density at radius 3 is 3.60 bits per heavy atom. The molecule has 3 heteroatoms. The van der Waals surface area contributed by atoms with Crippen LogP contribution in [0.5, 0.6) is 0 Å². The lowest BCUT2D eigenvalue weighted by Crippen LogP contribution is -2.09. The molecule has 0 unspecified atom stereocenters. The van der Waals surface area contributed by atoms with Crippen molar-refractivity contribution >= 4 is 6.21 Å². The Bertz CT molecular complexity index is 218. The van der Waals surface area contributed by atoms with Crippen molar-refractivity contribution in [2.24, 2.45) is 4.99 Å². The van der Waals surface area contributed by atoms with Gasteiger partial charge in [0.05, 0.1) is 6.61 Å². The molecule has 0 bridgehead atoms. The number of hydrogen-bond acceptors (Lipinski definition) is 3. The molecule has 0 atom stereocenters. The highest BCUT2D eigenvalue weighted by Gasteiger charge is 2.14. The zero-order valence-electron chi connectivity index (χ0n) is 5.53. The van der Waals surface area contributed by atoms with E-state index in [-0.39, 0.29) is 0 Å². The molecule has 1 saturated heterocycles. The van der Waals surface area contributed by atoms with Crippen LogP contribution in [-0.2, 0) is 4.74 Å². The fourth-order valence-corrected chi connectivity index (χ4v) is 0.995. The lowest BCUT2D eigenvalue weighted by Gasteiger charge is -2.08. The van der Waals surface area contributed by atoms with Crippen LogP contribution >= 0.6 is 0 Å². The molecule has 1 fully saturated rings. The third kappa shape index (κ3) is 0.844. The molecule has 3 nitrogen and oxygen atoms in total. The summed E-state index contributed by atoms with van der Waals surface area (Å²) in [6.07, 6.45) is 7.42. The summed E-state index contributed by atoms with van der Waals surface area (Å²) in [6.45, 7) is 1.36. The molecule has 0 spiro atoms. The van der Waals surface area contributed by atoms with Gasteiger partial charge in [-0.1, -0.05) is 0 Å². The van der Waals surface area contributed by atoms with Gasteiger partial charge >= 0.3 is 0 Å². The third-order valence-corrected chi connectivity index (χ3v) is 1.53. The maximum Gasteiger partial charge on any atom is 0.123 e. The van der Waals surface area contributed by atoms with Gasteiger partial charge in [-0.05, 0) is 6.08 Å². The Kier molecular flexibility index (Phi) is 1.29. The molecular formula is C7H8N2O. The molecule has 2 rings (SSSR count). The van der Waals surface area contributed by atoms with Gasteiger partial charge in [-0.15, -0.1) is 0 Å². The monoisotopic (exact) mass is 136 g/mol. The lowest BCUT2D eigenvalue weighted by molar-refractivity contribution is 0.162. The summed E-state index contributed by atoms with van der Waals surface area (Å²) in [5.41, 5.74) is 1.18. The minimum Gasteiger partial charge on any atom is -0.355 e. The first kappa shape index (κ1) is 5.68. The molecule has 0 aromatic rings. The molecule has 52 valence electrons. The zero-order valence-corrected chi connectivity index (χ0v) is 5.53. The molecule has 0 radical (unpaired) electrons. The highest BCUT2D eigenvalue weighted by molar-refractivity contribution is 5.73. The van der Waals surface area contributed by atoms with E-state index < -0.39 is 0 Å². The van der Waals surface area contributed by atoms with E-state index in [0.717, 1.165) is 0 Å². The van der Waals surface area contributed by atoms with Gasteiger partial charge in [0.1, 0.15) is 6.73 Å². The second-order valence-corrected chi connectivity index (χ2v) is 2.20. The topological polar surface area (TPSA) is 24.8 Å². The number of allylic oxidation sites excluding steroid dienone is 1. The number of rotatable bonds is 0. The summed E-state index contributed by atoms with van der Waals surface area (Å²) in [4.78, 5) is 6.01. The van der Waals surface area contributed by atoms with Crippen LogP contribution in [0.2, 0.25) is 0 Å². The molecule has 0 aromatic heterocycles. The van der Waals surface area contributed by atoms with Crippen LogP contribution in [0.1, 0.15) is 0 Å². The molecule has 0 aromatic carbocycles. The van der Waals surface area contributed by atoms with Crippen LogP contribution in [0.15, 0.2) is 29.2 Å². The van der Waals surface area contributed by atoms with Crippen molar-refractivity contribution in [3.63, 3.8) is 0 Å². The molecule has 0 amide bonds. The summed E-state index contributed by atoms with van der Waals surface area (Å²) in [5, 5.41) is 0. The van der Waals surface area contributed by atoms with Gasteiger partial charge in [0.15, 0.2) is 0 Å². The number of hydrogen-bond donors (Lipinski definition) is 0. The lowest BCUT2D eigenvalue weighted by atomic mass is 10.4. The maximum atomic E-state index is 5.19. The summed E-state index contributed by atoms with van der Waals surface area (Å²) < 4.78 is 5.19. The van der Waals surface area contributed by atoms with Gasteiger partial charge in [0.2, 0.25) is 0 Å². The van der Waals surface area contributed by atoms with Gasteiger partial charge in [-0.2, -0.15) is 0 Å². The molecule has 0 N–H and O–H groups in total. The second kappa shape index (κ2) is 2.27. The standard InChI is InChI=1S/C7H8N2O/c1-2-8-3-4-9-6-10-5-7(1)9/h1-4H,5-6H2. The zero-order chi connectivity index (χ0) is 6.81. The Hall–Kier alpha value is -1.09. The van der Waals surface area contributed by atoms with Gasteiger partial charge in [-0.25, -0.2) is 0 Å².